The van der Waals surface area contributed by atoms with Crippen molar-refractivity contribution in [2.75, 3.05) is 29.4 Å². The summed E-state index contributed by atoms with van der Waals surface area (Å²) in [7, 11) is 0. The number of hydrogen-bond donors (Lipinski definition) is 1. The number of amides is 1. The Labute approximate surface area is 254 Å². The highest BCUT2D eigenvalue weighted by Crippen LogP contribution is 2.50. The molecule has 0 unspecified atom stereocenters. The molecule has 5 aromatic rings. The molecule has 13 heteroatoms. The topological polar surface area (TPSA) is 124 Å². The molecule has 1 atom stereocenters. The Balaban J connectivity index is 1.08. The molecule has 10 nitrogen and oxygen atoms in total. The van der Waals surface area contributed by atoms with Crippen LogP contribution in [0.2, 0.25) is 0 Å². The van der Waals surface area contributed by atoms with E-state index in [1.807, 2.05) is 29.2 Å². The molecular formula is C32H23F3N8O2. The highest BCUT2D eigenvalue weighted by molar-refractivity contribution is 5.97. The van der Waals surface area contributed by atoms with E-state index < -0.39 is 29.6 Å². The van der Waals surface area contributed by atoms with Gasteiger partial charge in [0.2, 0.25) is 5.91 Å². The van der Waals surface area contributed by atoms with E-state index in [0.717, 1.165) is 45.9 Å². The lowest BCUT2D eigenvalue weighted by Crippen LogP contribution is -2.50. The monoisotopic (exact) mass is 608 g/mol. The van der Waals surface area contributed by atoms with Crippen LogP contribution in [0, 0.1) is 17.1 Å². The maximum atomic E-state index is 16.1. The molecular weight excluding hydrogens is 585 g/mol. The zero-order valence-electron chi connectivity index (χ0n) is 23.5. The van der Waals surface area contributed by atoms with Crippen molar-refractivity contribution in [3.8, 4) is 28.6 Å². The highest BCUT2D eigenvalue weighted by atomic mass is 19.3. The number of carbonyl (C=O) groups is 1. The summed E-state index contributed by atoms with van der Waals surface area (Å²) in [5, 5.41) is 31.4. The number of fused-ring (bicyclic) bond motifs is 3. The van der Waals surface area contributed by atoms with E-state index in [1.165, 1.54) is 12.3 Å². The molecule has 224 valence electrons. The normalized spacial score (nSPS) is 17.9. The summed E-state index contributed by atoms with van der Waals surface area (Å²) in [6.45, 7) is 0.597. The summed E-state index contributed by atoms with van der Waals surface area (Å²) in [4.78, 5) is 20.6. The Morgan fingerprint density at radius 3 is 2.36 bits per heavy atom. The molecule has 3 aromatic carbocycles. The van der Waals surface area contributed by atoms with Gasteiger partial charge in [-0.1, -0.05) is 24.3 Å². The summed E-state index contributed by atoms with van der Waals surface area (Å²) >= 11 is 0. The van der Waals surface area contributed by atoms with Gasteiger partial charge in [0.1, 0.15) is 11.5 Å². The van der Waals surface area contributed by atoms with Gasteiger partial charge in [0.05, 0.1) is 24.7 Å². The summed E-state index contributed by atoms with van der Waals surface area (Å²) in [5.74, 6) is -4.56. The number of aromatic nitrogens is 5. The van der Waals surface area contributed by atoms with Crippen LogP contribution < -0.4 is 9.80 Å². The number of nitrogens with zero attached hydrogens (tertiary/aromatic N) is 8. The minimum atomic E-state index is -3.89. The van der Waals surface area contributed by atoms with Crippen molar-refractivity contribution in [3.63, 3.8) is 0 Å². The second-order valence-electron chi connectivity index (χ2n) is 10.9. The Kier molecular flexibility index (Phi) is 6.59. The molecule has 7 rings (SSSR count). The largest absolute Gasteiger partial charge is 0.377 e. The number of nitriles is 1. The summed E-state index contributed by atoms with van der Waals surface area (Å²) in [5.41, 5.74) is -0.299. The molecule has 0 saturated carbocycles. The molecule has 1 saturated heterocycles. The number of rotatable bonds is 5. The number of halogens is 3. The number of hydrogen-bond acceptors (Lipinski definition) is 8. The number of anilines is 2. The van der Waals surface area contributed by atoms with Gasteiger partial charge in [0, 0.05) is 47.4 Å². The van der Waals surface area contributed by atoms with Crippen molar-refractivity contribution in [2.45, 2.75) is 18.1 Å². The maximum Gasteiger partial charge on any atom is 0.323 e. The number of aliphatic hydroxyl groups is 1. The maximum absolute atomic E-state index is 16.1. The summed E-state index contributed by atoms with van der Waals surface area (Å²) in [6.07, 6.45) is 1.30. The van der Waals surface area contributed by atoms with Crippen molar-refractivity contribution in [3.05, 3.63) is 108 Å². The van der Waals surface area contributed by atoms with Crippen LogP contribution in [0.3, 0.4) is 0 Å². The first kappa shape index (κ1) is 28.2. The molecule has 1 fully saturated rings. The fraction of sp³-hybridized carbons (Fsp3) is 0.188. The third-order valence-corrected chi connectivity index (χ3v) is 8.28. The van der Waals surface area contributed by atoms with Crippen molar-refractivity contribution in [1.82, 2.24) is 25.2 Å². The zero-order chi connectivity index (χ0) is 31.3. The Morgan fingerprint density at radius 2 is 1.67 bits per heavy atom. The summed E-state index contributed by atoms with van der Waals surface area (Å²) < 4.78 is 47.2. The van der Waals surface area contributed by atoms with Crippen LogP contribution in [-0.2, 0) is 22.9 Å². The third kappa shape index (κ3) is 4.67. The van der Waals surface area contributed by atoms with Crippen molar-refractivity contribution in [1.29, 1.82) is 5.26 Å². The van der Waals surface area contributed by atoms with Gasteiger partial charge in [-0.25, -0.2) is 9.07 Å². The Bertz CT molecular complexity index is 1960. The number of pyridine rings is 1. The standard InChI is InChI=1S/C32H23F3N8O2/c33-23-6-11-27-26(15-23)30-38-39-40-43(30)19-31(27,45)32(34,35)28-12-5-22(17-37-28)21-3-9-24(10-4-21)41-13-14-42(29(44)18-41)25-7-1-20(16-36)2-8-25/h1-12,15,17,45H,13-14,18-19H2/t31-/m0/s1. The third-order valence-electron chi connectivity index (χ3n) is 8.28. The van der Waals surface area contributed by atoms with Crippen molar-refractivity contribution < 1.29 is 23.1 Å². The molecule has 0 spiro atoms. The van der Waals surface area contributed by atoms with Crippen LogP contribution >= 0.6 is 0 Å². The minimum absolute atomic E-state index is 0.0255. The predicted molar refractivity (Wildman–Crippen MR) is 156 cm³/mol. The van der Waals surface area contributed by atoms with Gasteiger partial charge in [-0.05, 0) is 70.6 Å². The fourth-order valence-corrected chi connectivity index (χ4v) is 5.85. The van der Waals surface area contributed by atoms with Crippen molar-refractivity contribution >= 4 is 17.3 Å². The van der Waals surface area contributed by atoms with Crippen LogP contribution in [0.25, 0.3) is 22.5 Å². The molecule has 1 amide bonds. The molecule has 0 aliphatic carbocycles. The quantitative estimate of drug-likeness (QED) is 0.314. The number of alkyl halides is 2. The van der Waals surface area contributed by atoms with E-state index in [2.05, 4.69) is 26.6 Å². The fourth-order valence-electron chi connectivity index (χ4n) is 5.85. The smallest absolute Gasteiger partial charge is 0.323 e. The van der Waals surface area contributed by atoms with E-state index in [4.69, 9.17) is 5.26 Å². The average molecular weight is 609 g/mol. The molecule has 45 heavy (non-hydrogen) atoms. The Hall–Kier alpha value is -5.61. The lowest BCUT2D eigenvalue weighted by Gasteiger charge is -2.39. The molecule has 2 aromatic heterocycles. The molecule has 1 N–H and O–H groups in total. The number of tetrazole rings is 1. The first-order valence-corrected chi connectivity index (χ1v) is 14.0. The molecule has 0 radical (unpaired) electrons. The second kappa shape index (κ2) is 10.5. The average Bonchev–Trinajstić information content (AvgIpc) is 3.53. The van der Waals surface area contributed by atoms with Gasteiger partial charge in [-0.3, -0.25) is 9.78 Å². The number of benzene rings is 3. The van der Waals surface area contributed by atoms with E-state index in [-0.39, 0.29) is 29.4 Å². The van der Waals surface area contributed by atoms with E-state index in [1.54, 1.807) is 29.2 Å². The molecule has 2 aliphatic heterocycles. The van der Waals surface area contributed by atoms with Gasteiger partial charge < -0.3 is 14.9 Å². The minimum Gasteiger partial charge on any atom is -0.377 e. The van der Waals surface area contributed by atoms with Crippen molar-refractivity contribution in [2.24, 2.45) is 0 Å². The van der Waals surface area contributed by atoms with E-state index in [0.29, 0.717) is 24.2 Å². The first-order chi connectivity index (χ1) is 21.7. The van der Waals surface area contributed by atoms with Crippen LogP contribution in [0.5, 0.6) is 0 Å². The second-order valence-corrected chi connectivity index (χ2v) is 10.9. The molecule has 0 bridgehead atoms. The van der Waals surface area contributed by atoms with E-state index in [9.17, 15) is 14.3 Å². The molecule has 4 heterocycles. The Morgan fingerprint density at radius 1 is 0.933 bits per heavy atom. The first-order valence-electron chi connectivity index (χ1n) is 14.0. The van der Waals surface area contributed by atoms with Gasteiger partial charge in [-0.15, -0.1) is 5.10 Å². The highest BCUT2D eigenvalue weighted by Gasteiger charge is 2.59. The van der Waals surface area contributed by atoms with Gasteiger partial charge in [-0.2, -0.15) is 14.0 Å². The lowest BCUT2D eigenvalue weighted by atomic mass is 9.80. The number of carbonyl (C=O) groups excluding carboxylic acids is 1. The van der Waals surface area contributed by atoms with E-state index >= 15 is 8.78 Å². The SMILES string of the molecule is N#Cc1ccc(N2CCN(c3ccc(-c4ccc(C(F)(F)[C@]5(O)Cn6nnnc6-c6cc(F)ccc65)nc4)cc3)CC2=O)cc1. The van der Waals surface area contributed by atoms with Crippen LogP contribution in [0.1, 0.15) is 16.8 Å². The number of piperazine rings is 1. The van der Waals surface area contributed by atoms with Crippen LogP contribution in [0.4, 0.5) is 24.5 Å². The lowest BCUT2D eigenvalue weighted by molar-refractivity contribution is -0.207. The van der Waals surface area contributed by atoms with Gasteiger partial charge in [0.25, 0.3) is 0 Å². The zero-order valence-corrected chi connectivity index (χ0v) is 23.5. The van der Waals surface area contributed by atoms with Gasteiger partial charge >= 0.3 is 5.92 Å². The van der Waals surface area contributed by atoms with Gasteiger partial charge in [0.15, 0.2) is 11.4 Å². The van der Waals surface area contributed by atoms with Crippen LogP contribution in [0.15, 0.2) is 85.1 Å². The molecule has 2 aliphatic rings. The predicted octanol–water partition coefficient (Wildman–Crippen LogP) is 4.26. The summed E-state index contributed by atoms with van der Waals surface area (Å²) in [6, 6.07) is 22.1. The van der Waals surface area contributed by atoms with Crippen LogP contribution in [-0.4, -0.2) is 55.8 Å².